The molecule has 0 saturated heterocycles. The number of ether oxygens (including phenoxy) is 1. The number of rotatable bonds is 2. The van der Waals surface area contributed by atoms with Gasteiger partial charge in [0.1, 0.15) is 5.58 Å². The van der Waals surface area contributed by atoms with E-state index in [9.17, 15) is 9.59 Å². The summed E-state index contributed by atoms with van der Waals surface area (Å²) in [5.74, 6) is -0.520. The first-order valence-corrected chi connectivity index (χ1v) is 6.40. The summed E-state index contributed by atoms with van der Waals surface area (Å²) in [5.41, 5.74) is 0.371. The number of hydrogen-bond donors (Lipinski definition) is 0. The molecule has 0 radical (unpaired) electrons. The number of carbonyl (C=O) groups is 1. The molecule has 4 heteroatoms. The summed E-state index contributed by atoms with van der Waals surface area (Å²) >= 11 is 0. The predicted molar refractivity (Wildman–Crippen MR) is 81.0 cm³/mol. The van der Waals surface area contributed by atoms with Crippen LogP contribution in [0.5, 0.6) is 0 Å². The van der Waals surface area contributed by atoms with E-state index in [0.29, 0.717) is 11.1 Å². The van der Waals surface area contributed by atoms with E-state index in [1.54, 1.807) is 6.07 Å². The molecule has 3 aromatic rings. The van der Waals surface area contributed by atoms with Gasteiger partial charge in [0.05, 0.1) is 12.7 Å². The molecule has 0 spiro atoms. The Hall–Kier alpha value is -2.88. The Bertz CT molecular complexity index is 919. The van der Waals surface area contributed by atoms with Gasteiger partial charge in [-0.1, -0.05) is 36.4 Å². The van der Waals surface area contributed by atoms with E-state index >= 15 is 0 Å². The monoisotopic (exact) mass is 280 g/mol. The molecule has 0 unspecified atom stereocenters. The molecule has 1 aromatic heterocycles. The van der Waals surface area contributed by atoms with Gasteiger partial charge >= 0.3 is 11.6 Å². The molecule has 0 aliphatic rings. The van der Waals surface area contributed by atoms with Gasteiger partial charge in [0, 0.05) is 16.8 Å². The third-order valence-electron chi connectivity index (χ3n) is 3.25. The maximum absolute atomic E-state index is 12.0. The van der Waals surface area contributed by atoms with Gasteiger partial charge in [-0.2, -0.15) is 0 Å². The third kappa shape index (κ3) is 2.43. The van der Waals surface area contributed by atoms with E-state index in [-0.39, 0.29) is 0 Å². The Labute approximate surface area is 120 Å². The van der Waals surface area contributed by atoms with Crippen molar-refractivity contribution in [2.24, 2.45) is 0 Å². The van der Waals surface area contributed by atoms with Gasteiger partial charge in [0.15, 0.2) is 0 Å². The number of hydrogen-bond acceptors (Lipinski definition) is 4. The quantitative estimate of drug-likeness (QED) is 0.313. The second-order valence-electron chi connectivity index (χ2n) is 4.55. The van der Waals surface area contributed by atoms with Crippen molar-refractivity contribution in [1.29, 1.82) is 0 Å². The molecule has 0 atom stereocenters. The summed E-state index contributed by atoms with van der Waals surface area (Å²) < 4.78 is 9.91. The fourth-order valence-electron chi connectivity index (χ4n) is 2.21. The minimum Gasteiger partial charge on any atom is -0.466 e. The molecule has 0 bridgehead atoms. The van der Waals surface area contributed by atoms with Crippen molar-refractivity contribution in [3.05, 3.63) is 64.5 Å². The Morgan fingerprint density at radius 2 is 1.90 bits per heavy atom. The van der Waals surface area contributed by atoms with Crippen LogP contribution in [-0.2, 0) is 9.53 Å². The van der Waals surface area contributed by atoms with Gasteiger partial charge in [0.25, 0.3) is 0 Å². The first-order valence-electron chi connectivity index (χ1n) is 6.40. The van der Waals surface area contributed by atoms with Crippen molar-refractivity contribution in [1.82, 2.24) is 0 Å². The minimum absolute atomic E-state index is 0.309. The molecular weight excluding hydrogens is 268 g/mol. The number of esters is 1. The normalized spacial score (nSPS) is 11.3. The predicted octanol–water partition coefficient (Wildman–Crippen LogP) is 3.13. The van der Waals surface area contributed by atoms with Crippen LogP contribution in [0.15, 0.2) is 57.8 Å². The van der Waals surface area contributed by atoms with Gasteiger partial charge in [-0.05, 0) is 17.5 Å². The van der Waals surface area contributed by atoms with Crippen molar-refractivity contribution < 1.29 is 13.9 Å². The van der Waals surface area contributed by atoms with E-state index in [1.807, 2.05) is 36.4 Å². The molecule has 21 heavy (non-hydrogen) atoms. The lowest BCUT2D eigenvalue weighted by Crippen LogP contribution is -2.03. The highest BCUT2D eigenvalue weighted by molar-refractivity contribution is 6.04. The Kier molecular flexibility index (Phi) is 3.28. The largest absolute Gasteiger partial charge is 0.466 e. The van der Waals surface area contributed by atoms with Crippen LogP contribution >= 0.6 is 0 Å². The van der Waals surface area contributed by atoms with Crippen molar-refractivity contribution in [2.45, 2.75) is 0 Å². The van der Waals surface area contributed by atoms with Crippen LogP contribution in [0, 0.1) is 0 Å². The number of carbonyl (C=O) groups excluding carboxylic acids is 1. The molecule has 0 fully saturated rings. The van der Waals surface area contributed by atoms with Crippen LogP contribution in [0.2, 0.25) is 0 Å². The van der Waals surface area contributed by atoms with E-state index in [0.717, 1.165) is 16.2 Å². The van der Waals surface area contributed by atoms with E-state index in [4.69, 9.17) is 4.42 Å². The zero-order valence-corrected chi connectivity index (χ0v) is 11.3. The van der Waals surface area contributed by atoms with Gasteiger partial charge in [-0.25, -0.2) is 9.59 Å². The molecule has 4 nitrogen and oxygen atoms in total. The second kappa shape index (κ2) is 5.25. The van der Waals surface area contributed by atoms with Crippen molar-refractivity contribution in [3.63, 3.8) is 0 Å². The smallest absolute Gasteiger partial charge is 0.343 e. The highest BCUT2D eigenvalue weighted by Crippen LogP contribution is 2.24. The summed E-state index contributed by atoms with van der Waals surface area (Å²) in [7, 11) is 1.28. The van der Waals surface area contributed by atoms with E-state index in [1.165, 1.54) is 19.3 Å². The average molecular weight is 280 g/mol. The molecule has 1 heterocycles. The zero-order chi connectivity index (χ0) is 14.8. The van der Waals surface area contributed by atoms with Gasteiger partial charge < -0.3 is 9.15 Å². The molecule has 0 aliphatic heterocycles. The first-order chi connectivity index (χ1) is 10.2. The summed E-state index contributed by atoms with van der Waals surface area (Å²) in [6.45, 7) is 0. The lowest BCUT2D eigenvalue weighted by atomic mass is 10.1. The maximum atomic E-state index is 12.0. The molecule has 104 valence electrons. The number of benzene rings is 2. The summed E-state index contributed by atoms with van der Waals surface area (Å²) in [6, 6.07) is 13.2. The molecule has 2 aromatic carbocycles. The van der Waals surface area contributed by atoms with Gasteiger partial charge in [-0.15, -0.1) is 0 Å². The van der Waals surface area contributed by atoms with Crippen LogP contribution < -0.4 is 5.63 Å². The molecule has 0 N–H and O–H groups in total. The number of methoxy groups -OCH3 is 1. The van der Waals surface area contributed by atoms with Gasteiger partial charge in [0.2, 0.25) is 0 Å². The minimum atomic E-state index is -0.520. The molecule has 3 rings (SSSR count). The Morgan fingerprint density at radius 3 is 2.71 bits per heavy atom. The summed E-state index contributed by atoms with van der Waals surface area (Å²) in [6.07, 6.45) is 2.59. The van der Waals surface area contributed by atoms with Crippen molar-refractivity contribution in [2.75, 3.05) is 7.11 Å². The molecular formula is C17H12O4. The first kappa shape index (κ1) is 13.1. The van der Waals surface area contributed by atoms with E-state index < -0.39 is 11.6 Å². The lowest BCUT2D eigenvalue weighted by Gasteiger charge is -2.03. The summed E-state index contributed by atoms with van der Waals surface area (Å²) in [4.78, 5) is 23.1. The SMILES string of the molecule is COC(=O)/C=C/c1cc2ccc3ccccc3c2oc1=O. The van der Waals surface area contributed by atoms with Crippen molar-refractivity contribution in [3.8, 4) is 0 Å². The topological polar surface area (TPSA) is 56.5 Å². The van der Waals surface area contributed by atoms with Crippen molar-refractivity contribution >= 4 is 33.8 Å². The van der Waals surface area contributed by atoms with E-state index in [2.05, 4.69) is 4.74 Å². The maximum Gasteiger partial charge on any atom is 0.343 e. The average Bonchev–Trinajstić information content (AvgIpc) is 2.52. The second-order valence-corrected chi connectivity index (χ2v) is 4.55. The zero-order valence-electron chi connectivity index (χ0n) is 11.3. The highest BCUT2D eigenvalue weighted by Gasteiger charge is 2.06. The molecule has 0 saturated carbocycles. The lowest BCUT2D eigenvalue weighted by molar-refractivity contribution is -0.134. The number of fused-ring (bicyclic) bond motifs is 3. The summed E-state index contributed by atoms with van der Waals surface area (Å²) in [5, 5.41) is 2.69. The van der Waals surface area contributed by atoms with Crippen LogP contribution in [0.4, 0.5) is 0 Å². The molecule has 0 amide bonds. The fourth-order valence-corrected chi connectivity index (χ4v) is 2.21. The van der Waals surface area contributed by atoms with Crippen LogP contribution in [0.3, 0.4) is 0 Å². The van der Waals surface area contributed by atoms with Crippen LogP contribution in [0.25, 0.3) is 27.8 Å². The fraction of sp³-hybridized carbons (Fsp3) is 0.0588. The third-order valence-corrected chi connectivity index (χ3v) is 3.25. The highest BCUT2D eigenvalue weighted by atomic mass is 16.5. The van der Waals surface area contributed by atoms with Gasteiger partial charge in [-0.3, -0.25) is 0 Å². The Balaban J connectivity index is 2.21. The standard InChI is InChI=1S/C17H12O4/c1-20-15(18)9-8-13-10-12-7-6-11-4-2-3-5-14(11)16(12)21-17(13)19/h2-10H,1H3/b9-8+. The molecule has 0 aliphatic carbocycles. The van der Waals surface area contributed by atoms with Crippen LogP contribution in [-0.4, -0.2) is 13.1 Å². The van der Waals surface area contributed by atoms with Crippen LogP contribution in [0.1, 0.15) is 5.56 Å². The Morgan fingerprint density at radius 1 is 1.14 bits per heavy atom.